The molecule has 1 N–H and O–H groups in total. The fraction of sp³-hybridized carbons (Fsp3) is 0.391. The van der Waals surface area contributed by atoms with Gasteiger partial charge in [-0.15, -0.1) is 0 Å². The maximum absolute atomic E-state index is 12.2. The second-order valence-electron chi connectivity index (χ2n) is 7.29. The zero-order valence-corrected chi connectivity index (χ0v) is 17.6. The van der Waals surface area contributed by atoms with E-state index in [-0.39, 0.29) is 5.91 Å². The summed E-state index contributed by atoms with van der Waals surface area (Å²) in [4.78, 5) is 16.9. The van der Waals surface area contributed by atoms with Gasteiger partial charge in [0.25, 0.3) is 0 Å². The number of carbonyl (C=O) groups excluding carboxylic acids is 1. The first-order valence-corrected chi connectivity index (χ1v) is 10.1. The van der Waals surface area contributed by atoms with Crippen molar-refractivity contribution in [2.45, 2.75) is 13.0 Å². The van der Waals surface area contributed by atoms with Crippen LogP contribution in [-0.2, 0) is 11.3 Å². The Morgan fingerprint density at radius 2 is 1.67 bits per heavy atom. The normalized spacial score (nSPS) is 14.7. The number of hydrogen-bond donors (Lipinski definition) is 1. The molecule has 30 heavy (non-hydrogen) atoms. The summed E-state index contributed by atoms with van der Waals surface area (Å²) < 4.78 is 10.7. The average Bonchev–Trinajstić information content (AvgIpc) is 2.79. The van der Waals surface area contributed by atoms with Crippen molar-refractivity contribution >= 4 is 11.6 Å². The van der Waals surface area contributed by atoms with Gasteiger partial charge in [-0.3, -0.25) is 9.69 Å². The highest BCUT2D eigenvalue weighted by Crippen LogP contribution is 2.28. The highest BCUT2D eigenvalue weighted by molar-refractivity contribution is 5.90. The highest BCUT2D eigenvalue weighted by atomic mass is 16.5. The summed E-state index contributed by atoms with van der Waals surface area (Å²) in [5.74, 6) is 1.49. The van der Waals surface area contributed by atoms with Crippen molar-refractivity contribution in [3.8, 4) is 17.6 Å². The van der Waals surface area contributed by atoms with E-state index in [1.54, 1.807) is 38.5 Å². The summed E-state index contributed by atoms with van der Waals surface area (Å²) in [6, 6.07) is 15.0. The number of ether oxygens (including phenoxy) is 2. The molecule has 0 aliphatic carbocycles. The van der Waals surface area contributed by atoms with E-state index < -0.39 is 0 Å². The van der Waals surface area contributed by atoms with Crippen LogP contribution in [0.15, 0.2) is 42.5 Å². The lowest BCUT2D eigenvalue weighted by atomic mass is 10.1. The average molecular weight is 409 g/mol. The van der Waals surface area contributed by atoms with E-state index in [9.17, 15) is 4.79 Å². The third kappa shape index (κ3) is 5.96. The van der Waals surface area contributed by atoms with E-state index in [1.165, 1.54) is 5.56 Å². The summed E-state index contributed by atoms with van der Waals surface area (Å²) >= 11 is 0. The highest BCUT2D eigenvalue weighted by Gasteiger charge is 2.18. The van der Waals surface area contributed by atoms with E-state index in [1.807, 2.05) is 12.1 Å². The van der Waals surface area contributed by atoms with Crippen LogP contribution in [0.1, 0.15) is 17.5 Å². The topological polar surface area (TPSA) is 77.8 Å². The maximum atomic E-state index is 12.2. The first-order valence-electron chi connectivity index (χ1n) is 10.1. The van der Waals surface area contributed by atoms with Crippen molar-refractivity contribution in [2.24, 2.45) is 0 Å². The monoisotopic (exact) mass is 408 g/mol. The standard InChI is InChI=1S/C23H28N4O3/c1-29-21-8-5-19(15-22(21)30-2)17-27-13-11-26(12-14-27)10-9-23(28)25-20-6-3-18(16-24)4-7-20/h3-8,15H,9-14,17H2,1-2H3,(H,25,28). The Labute approximate surface area is 177 Å². The number of rotatable bonds is 8. The first-order chi connectivity index (χ1) is 14.6. The Morgan fingerprint density at radius 3 is 2.30 bits per heavy atom. The molecule has 0 atom stereocenters. The third-order valence-corrected chi connectivity index (χ3v) is 5.27. The van der Waals surface area contributed by atoms with Gasteiger partial charge in [-0.25, -0.2) is 0 Å². The Hall–Kier alpha value is -3.08. The second-order valence-corrected chi connectivity index (χ2v) is 7.29. The van der Waals surface area contributed by atoms with Gasteiger partial charge in [-0.05, 0) is 42.0 Å². The molecule has 7 nitrogen and oxygen atoms in total. The minimum Gasteiger partial charge on any atom is -0.493 e. The van der Waals surface area contributed by atoms with Crippen LogP contribution >= 0.6 is 0 Å². The van der Waals surface area contributed by atoms with Gasteiger partial charge >= 0.3 is 0 Å². The molecule has 0 unspecified atom stereocenters. The van der Waals surface area contributed by atoms with Gasteiger partial charge in [0.05, 0.1) is 25.9 Å². The van der Waals surface area contributed by atoms with Gasteiger partial charge < -0.3 is 19.7 Å². The number of nitrogens with zero attached hydrogens (tertiary/aromatic N) is 3. The summed E-state index contributed by atoms with van der Waals surface area (Å²) in [6.45, 7) is 5.42. The lowest BCUT2D eigenvalue weighted by Crippen LogP contribution is -2.46. The number of amides is 1. The summed E-state index contributed by atoms with van der Waals surface area (Å²) in [5.41, 5.74) is 2.50. The van der Waals surface area contributed by atoms with E-state index in [0.717, 1.165) is 56.5 Å². The number of anilines is 1. The lowest BCUT2D eigenvalue weighted by Gasteiger charge is -2.34. The molecule has 0 bridgehead atoms. The Balaban J connectivity index is 1.40. The van der Waals surface area contributed by atoms with Crippen LogP contribution in [0.5, 0.6) is 11.5 Å². The molecular formula is C23H28N4O3. The predicted molar refractivity (Wildman–Crippen MR) is 116 cm³/mol. The molecule has 1 heterocycles. The predicted octanol–water partition coefficient (Wildman–Crippen LogP) is 2.72. The molecule has 3 rings (SSSR count). The van der Waals surface area contributed by atoms with Gasteiger partial charge in [0.2, 0.25) is 5.91 Å². The van der Waals surface area contributed by atoms with Gasteiger partial charge in [0.15, 0.2) is 11.5 Å². The molecule has 1 fully saturated rings. The zero-order valence-electron chi connectivity index (χ0n) is 17.6. The fourth-order valence-electron chi connectivity index (χ4n) is 3.52. The zero-order chi connectivity index (χ0) is 21.3. The molecular weight excluding hydrogens is 380 g/mol. The smallest absolute Gasteiger partial charge is 0.225 e. The molecule has 0 radical (unpaired) electrons. The Bertz CT molecular complexity index is 884. The number of nitrogens with one attached hydrogen (secondary N) is 1. The second kappa shape index (κ2) is 10.6. The van der Waals surface area contributed by atoms with Crippen LogP contribution in [0.25, 0.3) is 0 Å². The number of hydrogen-bond acceptors (Lipinski definition) is 6. The molecule has 2 aromatic carbocycles. The molecule has 1 aliphatic heterocycles. The van der Waals surface area contributed by atoms with Crippen molar-refractivity contribution < 1.29 is 14.3 Å². The van der Waals surface area contributed by atoms with Gasteiger partial charge in [0.1, 0.15) is 0 Å². The fourth-order valence-corrected chi connectivity index (χ4v) is 3.52. The van der Waals surface area contributed by atoms with Crippen molar-refractivity contribution in [1.29, 1.82) is 5.26 Å². The van der Waals surface area contributed by atoms with E-state index in [4.69, 9.17) is 14.7 Å². The molecule has 0 spiro atoms. The van der Waals surface area contributed by atoms with Crippen molar-refractivity contribution in [2.75, 3.05) is 52.3 Å². The third-order valence-electron chi connectivity index (χ3n) is 5.27. The van der Waals surface area contributed by atoms with Crippen LogP contribution in [0.2, 0.25) is 0 Å². The van der Waals surface area contributed by atoms with Gasteiger partial charge in [0, 0.05) is 51.4 Å². The molecule has 1 aliphatic rings. The summed E-state index contributed by atoms with van der Waals surface area (Å²) in [7, 11) is 3.29. The first kappa shape index (κ1) is 21.6. The number of piperazine rings is 1. The number of nitriles is 1. The van der Waals surface area contributed by atoms with Crippen LogP contribution in [0, 0.1) is 11.3 Å². The van der Waals surface area contributed by atoms with Crippen molar-refractivity contribution in [3.05, 3.63) is 53.6 Å². The molecule has 7 heteroatoms. The molecule has 2 aromatic rings. The van der Waals surface area contributed by atoms with E-state index in [0.29, 0.717) is 12.0 Å². The lowest BCUT2D eigenvalue weighted by molar-refractivity contribution is -0.116. The Kier molecular flexibility index (Phi) is 7.66. The number of methoxy groups -OCH3 is 2. The Morgan fingerprint density at radius 1 is 1.00 bits per heavy atom. The van der Waals surface area contributed by atoms with E-state index in [2.05, 4.69) is 27.3 Å². The minimum absolute atomic E-state index is 0.00698. The molecule has 0 aromatic heterocycles. The van der Waals surface area contributed by atoms with Crippen LogP contribution in [-0.4, -0.2) is 62.7 Å². The van der Waals surface area contributed by atoms with Crippen LogP contribution in [0.3, 0.4) is 0 Å². The van der Waals surface area contributed by atoms with Gasteiger partial charge in [-0.2, -0.15) is 5.26 Å². The number of carbonyl (C=O) groups is 1. The largest absolute Gasteiger partial charge is 0.493 e. The summed E-state index contributed by atoms with van der Waals surface area (Å²) in [5, 5.41) is 11.7. The number of benzene rings is 2. The van der Waals surface area contributed by atoms with Crippen LogP contribution < -0.4 is 14.8 Å². The van der Waals surface area contributed by atoms with Crippen molar-refractivity contribution in [3.63, 3.8) is 0 Å². The summed E-state index contributed by atoms with van der Waals surface area (Å²) in [6.07, 6.45) is 0.454. The molecule has 0 saturated carbocycles. The van der Waals surface area contributed by atoms with E-state index >= 15 is 0 Å². The molecule has 1 saturated heterocycles. The SMILES string of the molecule is COc1ccc(CN2CCN(CCC(=O)Nc3ccc(C#N)cc3)CC2)cc1OC. The molecule has 1 amide bonds. The maximum Gasteiger partial charge on any atom is 0.225 e. The van der Waals surface area contributed by atoms with Crippen LogP contribution in [0.4, 0.5) is 5.69 Å². The van der Waals surface area contributed by atoms with Crippen molar-refractivity contribution in [1.82, 2.24) is 9.80 Å². The molecule has 158 valence electrons. The van der Waals surface area contributed by atoms with Gasteiger partial charge in [-0.1, -0.05) is 6.07 Å². The minimum atomic E-state index is -0.00698. The quantitative estimate of drug-likeness (QED) is 0.724.